The first-order valence-corrected chi connectivity index (χ1v) is 13.3. The van der Waals surface area contributed by atoms with Crippen molar-refractivity contribution < 1.29 is 0 Å². The van der Waals surface area contributed by atoms with E-state index in [4.69, 9.17) is 4.98 Å². The van der Waals surface area contributed by atoms with Gasteiger partial charge in [-0.05, 0) is 54.6 Å². The van der Waals surface area contributed by atoms with Gasteiger partial charge in [0.1, 0.15) is 11.3 Å². The van der Waals surface area contributed by atoms with Gasteiger partial charge in [-0.3, -0.25) is 4.98 Å². The second-order valence-corrected chi connectivity index (χ2v) is 9.94. The van der Waals surface area contributed by atoms with Gasteiger partial charge in [0.05, 0.1) is 27.9 Å². The quantitative estimate of drug-likeness (QED) is 0.242. The zero-order valence-electron chi connectivity index (χ0n) is 21.8. The highest BCUT2D eigenvalue weighted by Gasteiger charge is 2.18. The molecule has 0 atom stereocenters. The highest BCUT2D eigenvalue weighted by atomic mass is 15.3. The Morgan fingerprint density at radius 3 is 2.35 bits per heavy atom. The van der Waals surface area contributed by atoms with Crippen molar-refractivity contribution in [1.29, 1.82) is 0 Å². The average molecular weight is 517 g/mol. The van der Waals surface area contributed by atoms with E-state index < -0.39 is 0 Å². The summed E-state index contributed by atoms with van der Waals surface area (Å²) in [6, 6.07) is 38.0. The van der Waals surface area contributed by atoms with Crippen molar-refractivity contribution in [3.8, 4) is 34.0 Å². The maximum Gasteiger partial charge on any atom is 0.141 e. The summed E-state index contributed by atoms with van der Waals surface area (Å²) >= 11 is 0. The van der Waals surface area contributed by atoms with Crippen LogP contribution in [-0.4, -0.2) is 28.9 Å². The highest BCUT2D eigenvalue weighted by Crippen LogP contribution is 2.36. The van der Waals surface area contributed by atoms with E-state index in [2.05, 4.69) is 111 Å². The number of para-hydroxylation sites is 2. The smallest absolute Gasteiger partial charge is 0.141 e. The second kappa shape index (κ2) is 8.78. The van der Waals surface area contributed by atoms with E-state index in [1.165, 1.54) is 16.3 Å². The first-order chi connectivity index (χ1) is 19.8. The Morgan fingerprint density at radius 1 is 0.625 bits per heavy atom. The lowest BCUT2D eigenvalue weighted by atomic mass is 10.1. The van der Waals surface area contributed by atoms with Gasteiger partial charge in [-0.15, -0.1) is 0 Å². The minimum absolute atomic E-state index is 0.913. The molecule has 4 heterocycles. The van der Waals surface area contributed by atoms with Gasteiger partial charge in [0.25, 0.3) is 0 Å². The van der Waals surface area contributed by atoms with Crippen molar-refractivity contribution in [2.24, 2.45) is 7.05 Å². The summed E-state index contributed by atoms with van der Waals surface area (Å²) in [5.41, 5.74) is 9.44. The third kappa shape index (κ3) is 3.39. The number of benzene rings is 4. The van der Waals surface area contributed by atoms with Crippen LogP contribution in [0.25, 0.3) is 66.9 Å². The van der Waals surface area contributed by atoms with Gasteiger partial charge in [-0.1, -0.05) is 54.6 Å². The van der Waals surface area contributed by atoms with E-state index in [9.17, 15) is 0 Å². The molecule has 4 aromatic heterocycles. The molecule has 6 nitrogen and oxygen atoms in total. The number of aromatic nitrogens is 6. The topological polar surface area (TPSA) is 53.5 Å². The maximum atomic E-state index is 5.14. The molecule has 0 saturated heterocycles. The van der Waals surface area contributed by atoms with Crippen LogP contribution in [-0.2, 0) is 7.05 Å². The van der Waals surface area contributed by atoms with E-state index in [-0.39, 0.29) is 0 Å². The Labute approximate surface area is 230 Å². The molecule has 0 amide bonds. The van der Waals surface area contributed by atoms with E-state index in [1.54, 1.807) is 6.20 Å². The molecule has 0 aliphatic rings. The molecule has 0 fully saturated rings. The van der Waals surface area contributed by atoms with Gasteiger partial charge >= 0.3 is 0 Å². The molecule has 0 spiro atoms. The van der Waals surface area contributed by atoms with Gasteiger partial charge in [-0.25, -0.2) is 9.67 Å². The number of imidazole rings is 1. The van der Waals surface area contributed by atoms with Gasteiger partial charge in [-0.2, -0.15) is 5.10 Å². The minimum atomic E-state index is 0.913. The summed E-state index contributed by atoms with van der Waals surface area (Å²) in [6.07, 6.45) is 5.58. The Kier molecular flexibility index (Phi) is 4.94. The van der Waals surface area contributed by atoms with Crippen LogP contribution in [0, 0.1) is 0 Å². The molecule has 0 aliphatic heterocycles. The predicted octanol–water partition coefficient (Wildman–Crippen LogP) is 7.59. The van der Waals surface area contributed by atoms with Crippen molar-refractivity contribution in [2.75, 3.05) is 0 Å². The first-order valence-electron chi connectivity index (χ1n) is 13.3. The number of pyridine rings is 1. The van der Waals surface area contributed by atoms with Gasteiger partial charge < -0.3 is 9.13 Å². The first kappa shape index (κ1) is 22.5. The van der Waals surface area contributed by atoms with Crippen LogP contribution >= 0.6 is 0 Å². The fourth-order valence-electron chi connectivity index (χ4n) is 5.78. The summed E-state index contributed by atoms with van der Waals surface area (Å²) in [6.45, 7) is 0. The molecule has 0 aliphatic carbocycles. The largest absolute Gasteiger partial charge is 0.327 e. The molecule has 6 heteroatoms. The van der Waals surface area contributed by atoms with E-state index in [0.29, 0.717) is 0 Å². The molecule has 8 aromatic rings. The molecule has 40 heavy (non-hydrogen) atoms. The van der Waals surface area contributed by atoms with Crippen LogP contribution in [0.2, 0.25) is 0 Å². The molecular weight excluding hydrogens is 492 g/mol. The van der Waals surface area contributed by atoms with Crippen molar-refractivity contribution in [2.45, 2.75) is 0 Å². The maximum absolute atomic E-state index is 5.14. The monoisotopic (exact) mass is 516 g/mol. The summed E-state index contributed by atoms with van der Waals surface area (Å²) in [7, 11) is 2.08. The van der Waals surface area contributed by atoms with Crippen LogP contribution in [0.1, 0.15) is 0 Å². The Hall–Kier alpha value is -5.49. The number of hydrogen-bond acceptors (Lipinski definition) is 3. The molecule has 8 rings (SSSR count). The van der Waals surface area contributed by atoms with Gasteiger partial charge in [0.2, 0.25) is 0 Å². The number of rotatable bonds is 4. The molecule has 190 valence electrons. The van der Waals surface area contributed by atoms with Crippen molar-refractivity contribution in [1.82, 2.24) is 28.9 Å². The molecule has 4 aromatic carbocycles. The van der Waals surface area contributed by atoms with Crippen molar-refractivity contribution in [3.63, 3.8) is 0 Å². The number of hydrogen-bond donors (Lipinski definition) is 0. The van der Waals surface area contributed by atoms with Crippen molar-refractivity contribution >= 4 is 32.8 Å². The Morgan fingerprint density at radius 2 is 1.48 bits per heavy atom. The number of aryl methyl sites for hydroxylation is 1. The zero-order chi connectivity index (χ0) is 26.6. The Bertz CT molecular complexity index is 2170. The Balaban J connectivity index is 1.36. The predicted molar refractivity (Wildman–Crippen MR) is 161 cm³/mol. The van der Waals surface area contributed by atoms with Crippen molar-refractivity contribution in [3.05, 3.63) is 128 Å². The fraction of sp³-hybridized carbons (Fsp3) is 0.0294. The molecule has 0 N–H and O–H groups in total. The molecule has 0 bridgehead atoms. The van der Waals surface area contributed by atoms with Crippen LogP contribution in [0.4, 0.5) is 0 Å². The van der Waals surface area contributed by atoms with Gasteiger partial charge in [0, 0.05) is 53.2 Å². The normalized spacial score (nSPS) is 11.6. The minimum Gasteiger partial charge on any atom is -0.327 e. The molecule has 0 radical (unpaired) electrons. The molecule has 0 saturated carbocycles. The lowest BCUT2D eigenvalue weighted by Crippen LogP contribution is -1.96. The third-order valence-corrected chi connectivity index (χ3v) is 7.64. The summed E-state index contributed by atoms with van der Waals surface area (Å²) in [4.78, 5) is 9.72. The fourth-order valence-corrected chi connectivity index (χ4v) is 5.78. The molecular formula is C34H24N6. The molecule has 0 unspecified atom stereocenters. The number of nitrogens with zero attached hydrogens (tertiary/aromatic N) is 6. The highest BCUT2D eigenvalue weighted by molar-refractivity contribution is 6.10. The average Bonchev–Trinajstić information content (AvgIpc) is 3.74. The van der Waals surface area contributed by atoms with Gasteiger partial charge in [0.15, 0.2) is 0 Å². The van der Waals surface area contributed by atoms with Crippen LogP contribution in [0.3, 0.4) is 0 Å². The summed E-state index contributed by atoms with van der Waals surface area (Å²) in [5.74, 6) is 0.913. The summed E-state index contributed by atoms with van der Waals surface area (Å²) < 4.78 is 6.38. The summed E-state index contributed by atoms with van der Waals surface area (Å²) in [5, 5.41) is 6.87. The van der Waals surface area contributed by atoms with Crippen LogP contribution < -0.4 is 0 Å². The third-order valence-electron chi connectivity index (χ3n) is 7.64. The van der Waals surface area contributed by atoms with E-state index in [1.807, 2.05) is 41.3 Å². The standard InChI is InChI=1S/C34H24N6/c1-38-30-14-7-15-31(39-20-8-19-36-39)33(30)37-34(38)24-16-17-27-26-11-2-3-13-29(26)40(32(27)22-24)25-10-6-9-23(21-25)28-12-4-5-18-35-28/h2-22H,1H3. The number of fused-ring (bicyclic) bond motifs is 4. The van der Waals surface area contributed by atoms with E-state index >= 15 is 0 Å². The SMILES string of the molecule is Cn1c(-c2ccc3c4ccccc4n(-c4cccc(-c5ccccn5)c4)c3c2)nc2c(-n3cccn3)cccc21. The lowest BCUT2D eigenvalue weighted by molar-refractivity contribution is 0.885. The van der Waals surface area contributed by atoms with E-state index in [0.717, 1.165) is 50.6 Å². The zero-order valence-corrected chi connectivity index (χ0v) is 21.8. The van der Waals surface area contributed by atoms with Crippen LogP contribution in [0.15, 0.2) is 128 Å². The van der Waals surface area contributed by atoms with Crippen LogP contribution in [0.5, 0.6) is 0 Å². The lowest BCUT2D eigenvalue weighted by Gasteiger charge is -2.11. The second-order valence-electron chi connectivity index (χ2n) is 9.94.